The zero-order valence-corrected chi connectivity index (χ0v) is 21.2. The number of carbonyl (C=O) groups is 2. The Balaban J connectivity index is 1.57. The Morgan fingerprint density at radius 1 is 1.32 bits per heavy atom. The molecule has 182 valence electrons. The summed E-state index contributed by atoms with van der Waals surface area (Å²) in [5.74, 6) is 1.42. The Hall–Kier alpha value is -2.73. The van der Waals surface area contributed by atoms with Crippen molar-refractivity contribution in [1.29, 1.82) is 5.26 Å². The Morgan fingerprint density at radius 3 is 2.68 bits per heavy atom. The van der Waals surface area contributed by atoms with E-state index in [4.69, 9.17) is 10.7 Å². The first-order valence-electron chi connectivity index (χ1n) is 11.9. The molecule has 9 heteroatoms. The highest BCUT2D eigenvalue weighted by atomic mass is 32.2. The van der Waals surface area contributed by atoms with Gasteiger partial charge in [0.05, 0.1) is 23.1 Å². The third-order valence-corrected chi connectivity index (χ3v) is 9.39. The lowest BCUT2D eigenvalue weighted by Gasteiger charge is -2.48. The molecule has 3 amide bonds. The molecule has 2 saturated heterocycles. The fourth-order valence-electron chi connectivity index (χ4n) is 5.75. The summed E-state index contributed by atoms with van der Waals surface area (Å²) >= 11 is 1.86. The molecule has 2 fully saturated rings. The van der Waals surface area contributed by atoms with Crippen LogP contribution in [0.1, 0.15) is 43.2 Å². The van der Waals surface area contributed by atoms with E-state index in [0.29, 0.717) is 24.6 Å². The Morgan fingerprint density at radius 2 is 2.03 bits per heavy atom. The number of rotatable bonds is 3. The smallest absolute Gasteiger partial charge is 0.319 e. The lowest BCUT2D eigenvalue weighted by Crippen LogP contribution is -2.61. The van der Waals surface area contributed by atoms with Crippen LogP contribution < -0.4 is 5.73 Å². The van der Waals surface area contributed by atoms with Crippen LogP contribution in [0.15, 0.2) is 29.3 Å². The van der Waals surface area contributed by atoms with E-state index in [-0.39, 0.29) is 35.0 Å². The van der Waals surface area contributed by atoms with Gasteiger partial charge in [-0.05, 0) is 55.7 Å². The highest BCUT2D eigenvalue weighted by Crippen LogP contribution is 2.50. The number of amides is 3. The summed E-state index contributed by atoms with van der Waals surface area (Å²) in [6.45, 7) is 3.39. The molecule has 0 spiro atoms. The summed E-state index contributed by atoms with van der Waals surface area (Å²) in [5.41, 5.74) is 7.46. The minimum absolute atomic E-state index is 0.0179. The molecule has 3 unspecified atom stereocenters. The van der Waals surface area contributed by atoms with Crippen LogP contribution in [0.3, 0.4) is 0 Å². The van der Waals surface area contributed by atoms with E-state index in [2.05, 4.69) is 19.1 Å². The first-order chi connectivity index (χ1) is 16.2. The van der Waals surface area contributed by atoms with Gasteiger partial charge in [-0.15, -0.1) is 0 Å². The maximum Gasteiger partial charge on any atom is 0.319 e. The summed E-state index contributed by atoms with van der Waals surface area (Å²) in [5, 5.41) is 9.44. The monoisotopic (exact) mass is 482 g/mol. The van der Waals surface area contributed by atoms with Crippen molar-refractivity contribution in [3.05, 3.63) is 35.4 Å². The Bertz CT molecular complexity index is 1030. The van der Waals surface area contributed by atoms with Gasteiger partial charge in [-0.3, -0.25) is 9.69 Å². The van der Waals surface area contributed by atoms with Gasteiger partial charge < -0.3 is 15.5 Å². The molecule has 8 nitrogen and oxygen atoms in total. The molecular weight excluding hydrogens is 448 g/mol. The number of piperidine rings is 1. The van der Waals surface area contributed by atoms with E-state index in [1.807, 2.05) is 34.9 Å². The number of guanidine groups is 1. The van der Waals surface area contributed by atoms with Gasteiger partial charge in [-0.1, -0.05) is 12.1 Å². The van der Waals surface area contributed by atoms with Gasteiger partial charge in [-0.2, -0.15) is 17.0 Å². The predicted molar refractivity (Wildman–Crippen MR) is 134 cm³/mol. The number of hydrogen-bond donors (Lipinski definition) is 1. The number of nitriles is 1. The zero-order chi connectivity index (χ0) is 24.6. The van der Waals surface area contributed by atoms with Gasteiger partial charge in [0.15, 0.2) is 5.96 Å². The van der Waals surface area contributed by atoms with Crippen LogP contribution in [0.25, 0.3) is 0 Å². The largest absolute Gasteiger partial charge is 0.369 e. The van der Waals surface area contributed by atoms with E-state index >= 15 is 0 Å². The Labute approximate surface area is 206 Å². The second kappa shape index (κ2) is 9.49. The topological polar surface area (TPSA) is 106 Å². The van der Waals surface area contributed by atoms with E-state index in [0.717, 1.165) is 25.0 Å². The molecule has 1 aromatic carbocycles. The van der Waals surface area contributed by atoms with E-state index < -0.39 is 5.54 Å². The molecule has 0 saturated carbocycles. The van der Waals surface area contributed by atoms with Gasteiger partial charge in [0.25, 0.3) is 0 Å². The van der Waals surface area contributed by atoms with Crippen LogP contribution in [0.4, 0.5) is 4.79 Å². The summed E-state index contributed by atoms with van der Waals surface area (Å²) in [6, 6.07) is 10.1. The predicted octanol–water partition coefficient (Wildman–Crippen LogP) is 2.70. The van der Waals surface area contributed by atoms with Crippen LogP contribution in [0.2, 0.25) is 0 Å². The Kier molecular flexibility index (Phi) is 6.81. The molecule has 0 radical (unpaired) electrons. The summed E-state index contributed by atoms with van der Waals surface area (Å²) in [6.07, 6.45) is 2.44. The standard InChI is InChI=1S/C25H34N6O2S/c1-25(20-13-19(15-34-20)18-7-5-6-16(12-18)14-26)21(22(32)30(4)23(27)28-25)17-8-10-31(11-9-17)24(33)29(2)3/h5-7,12,17,19-21H,8-11,13,15H2,1-4H3,(H2,27,28)/t19?,20?,21?,25-/m1/s1. The van der Waals surface area contributed by atoms with Crippen LogP contribution in [0, 0.1) is 23.2 Å². The number of carbonyl (C=O) groups excluding carboxylic acids is 2. The average molecular weight is 483 g/mol. The molecule has 3 aliphatic rings. The molecule has 4 rings (SSSR count). The van der Waals surface area contributed by atoms with Crippen molar-refractivity contribution in [3.8, 4) is 6.07 Å². The average Bonchev–Trinajstić information content (AvgIpc) is 3.34. The van der Waals surface area contributed by atoms with E-state index in [1.54, 1.807) is 26.0 Å². The number of nitrogens with zero attached hydrogens (tertiary/aromatic N) is 5. The number of nitrogens with two attached hydrogens (primary N) is 1. The number of likely N-dealkylation sites (tertiary alicyclic amines) is 1. The fraction of sp³-hybridized carbons (Fsp3) is 0.600. The number of benzene rings is 1. The molecule has 1 aromatic rings. The molecule has 0 aliphatic carbocycles. The van der Waals surface area contributed by atoms with E-state index in [9.17, 15) is 14.9 Å². The third kappa shape index (κ3) is 4.36. The van der Waals surface area contributed by atoms with E-state index in [1.165, 1.54) is 10.5 Å². The van der Waals surface area contributed by atoms with Crippen molar-refractivity contribution < 1.29 is 9.59 Å². The van der Waals surface area contributed by atoms with Crippen molar-refractivity contribution in [1.82, 2.24) is 14.7 Å². The lowest BCUT2D eigenvalue weighted by molar-refractivity contribution is -0.137. The molecule has 4 atom stereocenters. The molecule has 0 bridgehead atoms. The first kappa shape index (κ1) is 24.4. The SMILES string of the molecule is CN(C)C(=O)N1CCC(C2C(=O)N(C)C(N)=N[C@]2(C)C2CC(c3cccc(C#N)c3)CS2)CC1. The number of hydrogen-bond acceptors (Lipinski definition) is 6. The summed E-state index contributed by atoms with van der Waals surface area (Å²) in [7, 11) is 5.24. The van der Waals surface area contributed by atoms with Gasteiger partial charge in [0.2, 0.25) is 5.91 Å². The van der Waals surface area contributed by atoms with Crippen LogP contribution in [0.5, 0.6) is 0 Å². The van der Waals surface area contributed by atoms with Gasteiger partial charge in [0, 0.05) is 45.2 Å². The zero-order valence-electron chi connectivity index (χ0n) is 20.4. The van der Waals surface area contributed by atoms with Crippen molar-refractivity contribution >= 4 is 29.7 Å². The van der Waals surface area contributed by atoms with Gasteiger partial charge in [-0.25, -0.2) is 9.79 Å². The number of aliphatic imine (C=N–C) groups is 1. The minimum Gasteiger partial charge on any atom is -0.369 e. The quantitative estimate of drug-likeness (QED) is 0.713. The van der Waals surface area contributed by atoms with Crippen LogP contribution >= 0.6 is 11.8 Å². The summed E-state index contributed by atoms with van der Waals surface area (Å²) < 4.78 is 0. The van der Waals surface area contributed by atoms with Crippen molar-refractivity contribution in [3.63, 3.8) is 0 Å². The first-order valence-corrected chi connectivity index (χ1v) is 12.9. The maximum absolute atomic E-state index is 13.6. The lowest BCUT2D eigenvalue weighted by atomic mass is 9.69. The number of urea groups is 1. The van der Waals surface area contributed by atoms with Gasteiger partial charge in [0.1, 0.15) is 0 Å². The van der Waals surface area contributed by atoms with Crippen LogP contribution in [-0.4, -0.2) is 83.4 Å². The molecule has 34 heavy (non-hydrogen) atoms. The van der Waals surface area contributed by atoms with Crippen LogP contribution in [-0.2, 0) is 4.79 Å². The van der Waals surface area contributed by atoms with Crippen molar-refractivity contribution in [2.24, 2.45) is 22.6 Å². The minimum atomic E-state index is -0.613. The summed E-state index contributed by atoms with van der Waals surface area (Å²) in [4.78, 5) is 35.9. The van der Waals surface area contributed by atoms with Crippen molar-refractivity contribution in [2.75, 3.05) is 40.0 Å². The normalized spacial score (nSPS) is 30.1. The molecule has 3 heterocycles. The molecular formula is C25H34N6O2S. The number of thioether (sulfide) groups is 1. The highest BCUT2D eigenvalue weighted by Gasteiger charge is 2.55. The van der Waals surface area contributed by atoms with Crippen molar-refractivity contribution in [2.45, 2.75) is 42.9 Å². The highest BCUT2D eigenvalue weighted by molar-refractivity contribution is 8.00. The fourth-order valence-corrected chi connectivity index (χ4v) is 7.45. The second-order valence-electron chi connectivity index (χ2n) is 10.1. The molecule has 2 N–H and O–H groups in total. The maximum atomic E-state index is 13.6. The third-order valence-electron chi connectivity index (χ3n) is 7.73. The molecule has 3 aliphatic heterocycles. The second-order valence-corrected chi connectivity index (χ2v) is 11.3. The van der Waals surface area contributed by atoms with Gasteiger partial charge >= 0.3 is 6.03 Å². The molecule has 0 aromatic heterocycles.